The van der Waals surface area contributed by atoms with Crippen molar-refractivity contribution in [1.82, 2.24) is 5.32 Å². The molecule has 1 aromatic rings. The Hall–Kier alpha value is -1.55. The summed E-state index contributed by atoms with van der Waals surface area (Å²) in [5, 5.41) is 2.64. The smallest absolute Gasteiger partial charge is 0.252 e. The first-order valence-corrected chi connectivity index (χ1v) is 4.25. The fraction of sp³-hybridized carbons (Fsp3) is 0.111. The summed E-state index contributed by atoms with van der Waals surface area (Å²) in [5.41, 5.74) is 5.64. The SMILES string of the molecule is CNC(=O)c1ccc(C(N)=O)cc1Cl. The van der Waals surface area contributed by atoms with Crippen molar-refractivity contribution in [1.29, 1.82) is 0 Å². The molecule has 0 bridgehead atoms. The highest BCUT2D eigenvalue weighted by Gasteiger charge is 2.10. The fourth-order valence-corrected chi connectivity index (χ4v) is 1.25. The molecule has 0 aliphatic rings. The van der Waals surface area contributed by atoms with Gasteiger partial charge in [-0.1, -0.05) is 11.6 Å². The monoisotopic (exact) mass is 212 g/mol. The van der Waals surface area contributed by atoms with Gasteiger partial charge in [0.05, 0.1) is 10.6 Å². The van der Waals surface area contributed by atoms with E-state index in [-0.39, 0.29) is 16.5 Å². The highest BCUT2D eigenvalue weighted by atomic mass is 35.5. The second kappa shape index (κ2) is 4.11. The van der Waals surface area contributed by atoms with Crippen LogP contribution in [0, 0.1) is 0 Å². The quantitative estimate of drug-likeness (QED) is 0.761. The van der Waals surface area contributed by atoms with Crippen LogP contribution in [0.25, 0.3) is 0 Å². The number of nitrogens with one attached hydrogen (secondary N) is 1. The van der Waals surface area contributed by atoms with Crippen LogP contribution >= 0.6 is 11.6 Å². The van der Waals surface area contributed by atoms with E-state index in [2.05, 4.69) is 5.32 Å². The molecule has 0 saturated carbocycles. The van der Waals surface area contributed by atoms with Crippen molar-refractivity contribution in [2.24, 2.45) is 5.73 Å². The molecule has 0 fully saturated rings. The van der Waals surface area contributed by atoms with E-state index in [9.17, 15) is 9.59 Å². The van der Waals surface area contributed by atoms with Crippen LogP contribution in [0.3, 0.4) is 0 Å². The van der Waals surface area contributed by atoms with Gasteiger partial charge in [-0.25, -0.2) is 0 Å². The zero-order valence-corrected chi connectivity index (χ0v) is 8.26. The number of carbonyl (C=O) groups excluding carboxylic acids is 2. The van der Waals surface area contributed by atoms with Crippen LogP contribution in [-0.2, 0) is 0 Å². The van der Waals surface area contributed by atoms with Gasteiger partial charge in [-0.3, -0.25) is 9.59 Å². The number of hydrogen-bond donors (Lipinski definition) is 2. The molecule has 1 aromatic carbocycles. The molecular formula is C9H9ClN2O2. The Balaban J connectivity index is 3.14. The van der Waals surface area contributed by atoms with E-state index in [4.69, 9.17) is 17.3 Å². The molecule has 0 aliphatic heterocycles. The van der Waals surface area contributed by atoms with Crippen LogP contribution in [-0.4, -0.2) is 18.9 Å². The molecule has 5 heteroatoms. The van der Waals surface area contributed by atoms with E-state index in [0.29, 0.717) is 5.56 Å². The highest BCUT2D eigenvalue weighted by Crippen LogP contribution is 2.17. The van der Waals surface area contributed by atoms with Gasteiger partial charge in [0.15, 0.2) is 0 Å². The average molecular weight is 213 g/mol. The second-order valence-electron chi connectivity index (χ2n) is 2.64. The highest BCUT2D eigenvalue weighted by molar-refractivity contribution is 6.34. The summed E-state index contributed by atoms with van der Waals surface area (Å²) >= 11 is 5.78. The van der Waals surface area contributed by atoms with Crippen LogP contribution in [0.4, 0.5) is 0 Å². The Bertz CT molecular complexity index is 390. The molecule has 0 unspecified atom stereocenters. The van der Waals surface area contributed by atoms with Crippen molar-refractivity contribution in [3.8, 4) is 0 Å². The van der Waals surface area contributed by atoms with Crippen LogP contribution in [0.2, 0.25) is 5.02 Å². The number of amides is 2. The number of halogens is 1. The average Bonchev–Trinajstić information content (AvgIpc) is 2.16. The maximum absolute atomic E-state index is 11.2. The fourth-order valence-electron chi connectivity index (χ4n) is 0.987. The third kappa shape index (κ3) is 2.03. The van der Waals surface area contributed by atoms with Gasteiger partial charge in [0.1, 0.15) is 0 Å². The first kappa shape index (κ1) is 10.5. The summed E-state index contributed by atoms with van der Waals surface area (Å²) in [6.07, 6.45) is 0. The standard InChI is InChI=1S/C9H9ClN2O2/c1-12-9(14)6-3-2-5(8(11)13)4-7(6)10/h2-4H,1H3,(H2,11,13)(H,12,14). The van der Waals surface area contributed by atoms with Gasteiger partial charge in [0.2, 0.25) is 5.91 Å². The van der Waals surface area contributed by atoms with Gasteiger partial charge in [0, 0.05) is 12.6 Å². The number of carbonyl (C=O) groups is 2. The number of benzene rings is 1. The first-order chi connectivity index (χ1) is 6.56. The Morgan fingerprint density at radius 2 is 2.07 bits per heavy atom. The van der Waals surface area contributed by atoms with Gasteiger partial charge in [-0.15, -0.1) is 0 Å². The van der Waals surface area contributed by atoms with E-state index in [1.807, 2.05) is 0 Å². The van der Waals surface area contributed by atoms with Crippen LogP contribution in [0.1, 0.15) is 20.7 Å². The van der Waals surface area contributed by atoms with Crippen molar-refractivity contribution in [2.45, 2.75) is 0 Å². The van der Waals surface area contributed by atoms with Gasteiger partial charge in [-0.2, -0.15) is 0 Å². The Labute approximate surface area is 86.0 Å². The first-order valence-electron chi connectivity index (χ1n) is 3.87. The molecule has 14 heavy (non-hydrogen) atoms. The molecule has 74 valence electrons. The van der Waals surface area contributed by atoms with Gasteiger partial charge < -0.3 is 11.1 Å². The molecule has 1 rings (SSSR count). The van der Waals surface area contributed by atoms with Crippen molar-refractivity contribution in [3.63, 3.8) is 0 Å². The van der Waals surface area contributed by atoms with E-state index >= 15 is 0 Å². The molecule has 0 atom stereocenters. The van der Waals surface area contributed by atoms with Crippen LogP contribution < -0.4 is 11.1 Å². The lowest BCUT2D eigenvalue weighted by atomic mass is 10.1. The van der Waals surface area contributed by atoms with E-state index in [1.54, 1.807) is 0 Å². The molecular weight excluding hydrogens is 204 g/mol. The summed E-state index contributed by atoms with van der Waals surface area (Å²) in [5.74, 6) is -0.874. The van der Waals surface area contributed by atoms with Gasteiger partial charge in [-0.05, 0) is 18.2 Å². The summed E-state index contributed by atoms with van der Waals surface area (Å²) in [6, 6.07) is 4.29. The van der Waals surface area contributed by atoms with Gasteiger partial charge in [0.25, 0.3) is 5.91 Å². The molecule has 0 spiro atoms. The Kier molecular flexibility index (Phi) is 3.09. The lowest BCUT2D eigenvalue weighted by Gasteiger charge is -2.03. The van der Waals surface area contributed by atoms with Crippen molar-refractivity contribution in [3.05, 3.63) is 34.3 Å². The molecule has 3 N–H and O–H groups in total. The third-order valence-corrected chi connectivity index (χ3v) is 2.04. The lowest BCUT2D eigenvalue weighted by molar-refractivity contribution is 0.0960. The Morgan fingerprint density at radius 1 is 1.43 bits per heavy atom. The number of hydrogen-bond acceptors (Lipinski definition) is 2. The minimum Gasteiger partial charge on any atom is -0.366 e. The zero-order chi connectivity index (χ0) is 10.7. The predicted molar refractivity (Wildman–Crippen MR) is 53.4 cm³/mol. The predicted octanol–water partition coefficient (Wildman–Crippen LogP) is 0.799. The molecule has 4 nitrogen and oxygen atoms in total. The number of primary amides is 1. The van der Waals surface area contributed by atoms with E-state index in [1.165, 1.54) is 25.2 Å². The van der Waals surface area contributed by atoms with E-state index in [0.717, 1.165) is 0 Å². The summed E-state index contributed by atoms with van der Waals surface area (Å²) < 4.78 is 0. The van der Waals surface area contributed by atoms with Crippen molar-refractivity contribution in [2.75, 3.05) is 7.05 Å². The zero-order valence-electron chi connectivity index (χ0n) is 7.50. The minimum atomic E-state index is -0.574. The number of rotatable bonds is 2. The van der Waals surface area contributed by atoms with Crippen molar-refractivity contribution >= 4 is 23.4 Å². The molecule has 0 heterocycles. The second-order valence-corrected chi connectivity index (χ2v) is 3.05. The van der Waals surface area contributed by atoms with Crippen molar-refractivity contribution < 1.29 is 9.59 Å². The summed E-state index contributed by atoms with van der Waals surface area (Å²) in [4.78, 5) is 22.0. The van der Waals surface area contributed by atoms with Crippen LogP contribution in [0.5, 0.6) is 0 Å². The molecule has 0 saturated heterocycles. The maximum Gasteiger partial charge on any atom is 0.252 e. The minimum absolute atomic E-state index is 0.209. The molecule has 2 amide bonds. The van der Waals surface area contributed by atoms with Gasteiger partial charge >= 0.3 is 0 Å². The largest absolute Gasteiger partial charge is 0.366 e. The van der Waals surface area contributed by atoms with Crippen LogP contribution in [0.15, 0.2) is 18.2 Å². The van der Waals surface area contributed by atoms with E-state index < -0.39 is 5.91 Å². The summed E-state index contributed by atoms with van der Waals surface area (Å²) in [6.45, 7) is 0. The number of nitrogens with two attached hydrogens (primary N) is 1. The topological polar surface area (TPSA) is 72.2 Å². The molecule has 0 aromatic heterocycles. The maximum atomic E-state index is 11.2. The summed E-state index contributed by atoms with van der Waals surface area (Å²) in [7, 11) is 1.50. The molecule has 0 radical (unpaired) electrons. The normalized spacial score (nSPS) is 9.57. The Morgan fingerprint density at radius 3 is 2.50 bits per heavy atom. The lowest BCUT2D eigenvalue weighted by Crippen LogP contribution is -2.19. The molecule has 0 aliphatic carbocycles. The third-order valence-electron chi connectivity index (χ3n) is 1.73.